The van der Waals surface area contributed by atoms with Gasteiger partial charge in [-0.3, -0.25) is 9.59 Å². The van der Waals surface area contributed by atoms with E-state index in [2.05, 4.69) is 17.1 Å². The molecule has 1 aliphatic heterocycles. The van der Waals surface area contributed by atoms with E-state index in [9.17, 15) is 9.59 Å². The molecular weight excluding hydrogens is 306 g/mol. The number of hydrogen-bond acceptors (Lipinski definition) is 4. The minimum atomic E-state index is -0.306. The molecule has 1 N–H and O–H groups in total. The molecule has 1 heterocycles. The first-order valence-corrected chi connectivity index (χ1v) is 8.55. The second-order valence-corrected chi connectivity index (χ2v) is 5.99. The number of carbonyl (C=O) groups is 2. The molecule has 1 unspecified atom stereocenters. The molecule has 1 atom stereocenters. The van der Waals surface area contributed by atoms with Crippen LogP contribution in [0, 0.1) is 5.92 Å². The van der Waals surface area contributed by atoms with E-state index in [0.29, 0.717) is 25.4 Å². The molecular formula is C18H27N3O3. The molecule has 0 aliphatic carbocycles. The molecule has 2 amide bonds. The van der Waals surface area contributed by atoms with Gasteiger partial charge in [-0.15, -0.1) is 0 Å². The van der Waals surface area contributed by atoms with Crippen molar-refractivity contribution in [2.24, 2.45) is 5.92 Å². The molecule has 1 saturated heterocycles. The van der Waals surface area contributed by atoms with Crippen molar-refractivity contribution in [1.82, 2.24) is 10.2 Å². The van der Waals surface area contributed by atoms with Crippen LogP contribution in [-0.4, -0.2) is 56.5 Å². The maximum atomic E-state index is 12.4. The number of hydrogen-bond donors (Lipinski definition) is 1. The highest BCUT2D eigenvalue weighted by atomic mass is 16.5. The van der Waals surface area contributed by atoms with Gasteiger partial charge in [-0.25, -0.2) is 0 Å². The lowest BCUT2D eigenvalue weighted by atomic mass is 10.1. The van der Waals surface area contributed by atoms with Crippen molar-refractivity contribution in [3.05, 3.63) is 24.3 Å². The van der Waals surface area contributed by atoms with Crippen LogP contribution in [0.5, 0.6) is 5.75 Å². The molecule has 1 fully saturated rings. The molecule has 0 radical (unpaired) electrons. The highest BCUT2D eigenvalue weighted by molar-refractivity contribution is 6.01. The molecule has 6 nitrogen and oxygen atoms in total. The highest BCUT2D eigenvalue weighted by Gasteiger charge is 2.36. The zero-order valence-corrected chi connectivity index (χ0v) is 14.7. The summed E-state index contributed by atoms with van der Waals surface area (Å²) in [4.78, 5) is 28.5. The zero-order valence-electron chi connectivity index (χ0n) is 14.7. The van der Waals surface area contributed by atoms with Crippen molar-refractivity contribution >= 4 is 17.5 Å². The zero-order chi connectivity index (χ0) is 17.5. The number of para-hydroxylation sites is 2. The van der Waals surface area contributed by atoms with E-state index in [1.807, 2.05) is 38.2 Å². The Balaban J connectivity index is 1.97. The predicted molar refractivity (Wildman–Crippen MR) is 94.3 cm³/mol. The van der Waals surface area contributed by atoms with Gasteiger partial charge >= 0.3 is 0 Å². The average molecular weight is 333 g/mol. The summed E-state index contributed by atoms with van der Waals surface area (Å²) in [5.41, 5.74) is 0.741. The standard InChI is InChI=1S/C18H27N3O3/c1-4-20(3)11-10-19-18(23)14-12-17(22)21(13-14)15-8-6-7-9-16(15)24-5-2/h6-9,14H,4-5,10-13H2,1-3H3,(H,19,23). The van der Waals surface area contributed by atoms with Crippen LogP contribution in [0.25, 0.3) is 0 Å². The van der Waals surface area contributed by atoms with E-state index < -0.39 is 0 Å². The molecule has 1 aromatic rings. The topological polar surface area (TPSA) is 61.9 Å². The van der Waals surface area contributed by atoms with Gasteiger partial charge < -0.3 is 19.9 Å². The number of nitrogens with zero attached hydrogens (tertiary/aromatic N) is 2. The van der Waals surface area contributed by atoms with Crippen LogP contribution >= 0.6 is 0 Å². The minimum absolute atomic E-state index is 0.0343. The lowest BCUT2D eigenvalue weighted by Gasteiger charge is -2.20. The van der Waals surface area contributed by atoms with Crippen molar-refractivity contribution < 1.29 is 14.3 Å². The van der Waals surface area contributed by atoms with Gasteiger partial charge in [-0.05, 0) is 32.6 Å². The van der Waals surface area contributed by atoms with Crippen LogP contribution in [0.3, 0.4) is 0 Å². The lowest BCUT2D eigenvalue weighted by Crippen LogP contribution is -2.37. The molecule has 6 heteroatoms. The Labute approximate surface area is 143 Å². The summed E-state index contributed by atoms with van der Waals surface area (Å²) in [6, 6.07) is 7.46. The first-order valence-electron chi connectivity index (χ1n) is 8.55. The Morgan fingerprint density at radius 2 is 2.12 bits per heavy atom. The summed E-state index contributed by atoms with van der Waals surface area (Å²) in [5, 5.41) is 2.93. The van der Waals surface area contributed by atoms with Gasteiger partial charge in [-0.2, -0.15) is 0 Å². The summed E-state index contributed by atoms with van der Waals surface area (Å²) < 4.78 is 5.60. The largest absolute Gasteiger partial charge is 0.492 e. The number of anilines is 1. The summed E-state index contributed by atoms with van der Waals surface area (Å²) in [6.07, 6.45) is 0.246. The normalized spacial score (nSPS) is 17.4. The smallest absolute Gasteiger partial charge is 0.227 e. The monoisotopic (exact) mass is 333 g/mol. The third-order valence-corrected chi connectivity index (χ3v) is 4.28. The minimum Gasteiger partial charge on any atom is -0.492 e. The Morgan fingerprint density at radius 3 is 2.83 bits per heavy atom. The molecule has 1 aromatic carbocycles. The lowest BCUT2D eigenvalue weighted by molar-refractivity contribution is -0.126. The number of likely N-dealkylation sites (N-methyl/N-ethyl adjacent to an activating group) is 1. The average Bonchev–Trinajstić information content (AvgIpc) is 2.97. The van der Waals surface area contributed by atoms with Gasteiger partial charge in [0.05, 0.1) is 18.2 Å². The number of carbonyl (C=O) groups excluding carboxylic acids is 2. The molecule has 2 rings (SSSR count). The first kappa shape index (κ1) is 18.3. The number of rotatable bonds is 8. The Morgan fingerprint density at radius 1 is 1.38 bits per heavy atom. The maximum absolute atomic E-state index is 12.4. The SMILES string of the molecule is CCOc1ccccc1N1CC(C(=O)NCCN(C)CC)CC1=O. The Bertz CT molecular complexity index is 576. The van der Waals surface area contributed by atoms with Gasteiger partial charge in [0.1, 0.15) is 5.75 Å². The van der Waals surface area contributed by atoms with Crippen LogP contribution in [0.15, 0.2) is 24.3 Å². The van der Waals surface area contributed by atoms with E-state index in [1.54, 1.807) is 4.90 Å². The summed E-state index contributed by atoms with van der Waals surface area (Å²) in [6.45, 7) is 7.27. The third kappa shape index (κ3) is 4.47. The molecule has 0 spiro atoms. The molecule has 132 valence electrons. The molecule has 1 aliphatic rings. The van der Waals surface area contributed by atoms with Crippen LogP contribution in [0.1, 0.15) is 20.3 Å². The van der Waals surface area contributed by atoms with Crippen LogP contribution in [0.2, 0.25) is 0 Å². The van der Waals surface area contributed by atoms with Crippen molar-refractivity contribution in [2.45, 2.75) is 20.3 Å². The van der Waals surface area contributed by atoms with E-state index in [1.165, 1.54) is 0 Å². The first-order chi connectivity index (χ1) is 11.6. The van der Waals surface area contributed by atoms with Crippen molar-refractivity contribution in [1.29, 1.82) is 0 Å². The van der Waals surface area contributed by atoms with Crippen LogP contribution < -0.4 is 15.0 Å². The van der Waals surface area contributed by atoms with E-state index in [-0.39, 0.29) is 24.2 Å². The summed E-state index contributed by atoms with van der Waals surface area (Å²) in [5.74, 6) is 0.287. The highest BCUT2D eigenvalue weighted by Crippen LogP contribution is 2.33. The predicted octanol–water partition coefficient (Wildman–Crippen LogP) is 1.51. The number of amides is 2. The summed E-state index contributed by atoms with van der Waals surface area (Å²) >= 11 is 0. The van der Waals surface area contributed by atoms with Crippen molar-refractivity contribution in [3.8, 4) is 5.75 Å². The fraction of sp³-hybridized carbons (Fsp3) is 0.556. The second-order valence-electron chi connectivity index (χ2n) is 5.99. The van der Waals surface area contributed by atoms with Gasteiger partial charge in [-0.1, -0.05) is 19.1 Å². The van der Waals surface area contributed by atoms with Crippen molar-refractivity contribution in [3.63, 3.8) is 0 Å². The quantitative estimate of drug-likeness (QED) is 0.783. The number of ether oxygens (including phenoxy) is 1. The Hall–Kier alpha value is -2.08. The molecule has 0 bridgehead atoms. The van der Waals surface area contributed by atoms with E-state index >= 15 is 0 Å². The van der Waals surface area contributed by atoms with Gasteiger partial charge in [0.2, 0.25) is 11.8 Å². The second kappa shape index (κ2) is 8.68. The van der Waals surface area contributed by atoms with E-state index in [0.717, 1.165) is 18.8 Å². The molecule has 0 saturated carbocycles. The fourth-order valence-corrected chi connectivity index (χ4v) is 2.75. The Kier molecular flexibility index (Phi) is 6.61. The molecule has 24 heavy (non-hydrogen) atoms. The number of benzene rings is 1. The summed E-state index contributed by atoms with van der Waals surface area (Å²) in [7, 11) is 2.01. The van der Waals surface area contributed by atoms with Crippen molar-refractivity contribution in [2.75, 3.05) is 44.7 Å². The number of nitrogens with one attached hydrogen (secondary N) is 1. The third-order valence-electron chi connectivity index (χ3n) is 4.28. The van der Waals surface area contributed by atoms with Crippen LogP contribution in [0.4, 0.5) is 5.69 Å². The van der Waals surface area contributed by atoms with Gasteiger partial charge in [0.15, 0.2) is 0 Å². The van der Waals surface area contributed by atoms with Gasteiger partial charge in [0.25, 0.3) is 0 Å². The fourth-order valence-electron chi connectivity index (χ4n) is 2.75. The van der Waals surface area contributed by atoms with E-state index in [4.69, 9.17) is 4.74 Å². The maximum Gasteiger partial charge on any atom is 0.227 e. The van der Waals surface area contributed by atoms with Gasteiger partial charge in [0, 0.05) is 26.1 Å². The molecule has 0 aromatic heterocycles. The van der Waals surface area contributed by atoms with Crippen LogP contribution in [-0.2, 0) is 9.59 Å².